The van der Waals surface area contributed by atoms with Crippen molar-refractivity contribution in [2.24, 2.45) is 0 Å². The molecule has 0 bridgehead atoms. The van der Waals surface area contributed by atoms with E-state index in [0.717, 1.165) is 5.56 Å². The van der Waals surface area contributed by atoms with Crippen molar-refractivity contribution in [2.75, 3.05) is 11.9 Å². The van der Waals surface area contributed by atoms with Gasteiger partial charge < -0.3 is 10.1 Å². The van der Waals surface area contributed by atoms with Crippen LogP contribution in [-0.4, -0.2) is 18.6 Å². The van der Waals surface area contributed by atoms with Gasteiger partial charge in [0.05, 0.1) is 38.5 Å². The van der Waals surface area contributed by atoms with Gasteiger partial charge in [-0.3, -0.25) is 0 Å². The molecule has 0 saturated heterocycles. The van der Waals surface area contributed by atoms with Crippen LogP contribution in [0.25, 0.3) is 0 Å². The maximum absolute atomic E-state index is 12.4. The van der Waals surface area contributed by atoms with Crippen molar-refractivity contribution >= 4 is 46.5 Å². The van der Waals surface area contributed by atoms with Gasteiger partial charge in [0.25, 0.3) is 0 Å². The second-order valence-electron chi connectivity index (χ2n) is 5.76. The van der Waals surface area contributed by atoms with Crippen LogP contribution in [0.2, 0.25) is 15.1 Å². The predicted molar refractivity (Wildman–Crippen MR) is 110 cm³/mol. The number of nitriles is 2. The van der Waals surface area contributed by atoms with Crippen molar-refractivity contribution in [3.8, 4) is 12.1 Å². The van der Waals surface area contributed by atoms with Crippen LogP contribution in [0.15, 0.2) is 30.3 Å². The summed E-state index contributed by atoms with van der Waals surface area (Å²) < 4.78 is 5.14. The number of benzene rings is 2. The van der Waals surface area contributed by atoms with E-state index in [2.05, 4.69) is 5.32 Å². The molecule has 0 aromatic heterocycles. The Hall–Kier alpha value is -2.44. The zero-order valence-corrected chi connectivity index (χ0v) is 17.2. The monoisotopic (exact) mass is 435 g/mol. The van der Waals surface area contributed by atoms with Crippen LogP contribution in [0.3, 0.4) is 0 Å². The summed E-state index contributed by atoms with van der Waals surface area (Å²) >= 11 is 18.5. The topological polar surface area (TPSA) is 85.9 Å². The van der Waals surface area contributed by atoms with E-state index in [1.807, 2.05) is 42.5 Å². The number of hydrogen-bond acceptors (Lipinski definition) is 5. The van der Waals surface area contributed by atoms with Crippen molar-refractivity contribution < 1.29 is 9.53 Å². The third kappa shape index (κ3) is 4.88. The highest BCUT2D eigenvalue weighted by Gasteiger charge is 2.26. The molecule has 0 amide bonds. The number of hydrogen-bond donors (Lipinski definition) is 1. The fraction of sp³-hybridized carbons (Fsp3) is 0.250. The van der Waals surface area contributed by atoms with E-state index in [-0.39, 0.29) is 38.5 Å². The first kappa shape index (κ1) is 21.9. The summed E-state index contributed by atoms with van der Waals surface area (Å²) in [5.74, 6) is -0.491. The van der Waals surface area contributed by atoms with Crippen molar-refractivity contribution in [1.29, 1.82) is 10.5 Å². The molecule has 5 nitrogen and oxygen atoms in total. The molecule has 2 aromatic rings. The largest absolute Gasteiger partial charge is 0.464 e. The molecule has 2 aromatic carbocycles. The van der Waals surface area contributed by atoms with E-state index >= 15 is 0 Å². The number of anilines is 1. The third-order valence-electron chi connectivity index (χ3n) is 4.00. The maximum atomic E-state index is 12.4. The fourth-order valence-electron chi connectivity index (χ4n) is 2.62. The molecule has 0 heterocycles. The normalized spacial score (nSPS) is 11.2. The molecule has 0 aliphatic carbocycles. The van der Waals surface area contributed by atoms with Gasteiger partial charge in [0, 0.05) is 0 Å². The summed E-state index contributed by atoms with van der Waals surface area (Å²) in [6, 6.07) is 12.6. The van der Waals surface area contributed by atoms with Gasteiger partial charge in [-0.05, 0) is 25.3 Å². The van der Waals surface area contributed by atoms with Crippen molar-refractivity contribution in [1.82, 2.24) is 0 Å². The number of carbonyl (C=O) groups is 1. The quantitative estimate of drug-likeness (QED) is 0.466. The molecule has 144 valence electrons. The first-order valence-corrected chi connectivity index (χ1v) is 9.55. The van der Waals surface area contributed by atoms with Gasteiger partial charge in [0.15, 0.2) is 0 Å². The molecule has 0 unspecified atom stereocenters. The lowest BCUT2D eigenvalue weighted by Gasteiger charge is -2.21. The minimum Gasteiger partial charge on any atom is -0.464 e. The van der Waals surface area contributed by atoms with Crippen molar-refractivity contribution in [3.63, 3.8) is 0 Å². The van der Waals surface area contributed by atoms with Crippen LogP contribution in [-0.2, 0) is 16.0 Å². The number of esters is 1. The molecule has 0 spiro atoms. The lowest BCUT2D eigenvalue weighted by Crippen LogP contribution is -2.32. The SMILES string of the molecule is CCOC(=O)[C@@H](CCc1ccccc1)Nc1c(Cl)c(Cl)c(C#N)c(Cl)c1C#N. The number of nitrogens with zero attached hydrogens (tertiary/aromatic N) is 2. The number of aryl methyl sites for hydroxylation is 1. The van der Waals surface area contributed by atoms with Gasteiger partial charge in [0.2, 0.25) is 0 Å². The lowest BCUT2D eigenvalue weighted by atomic mass is 10.0. The van der Waals surface area contributed by atoms with E-state index in [1.165, 1.54) is 0 Å². The summed E-state index contributed by atoms with van der Waals surface area (Å²) in [6.07, 6.45) is 0.980. The van der Waals surface area contributed by atoms with Gasteiger partial charge in [0.1, 0.15) is 18.2 Å². The number of carbonyl (C=O) groups excluding carboxylic acids is 1. The van der Waals surface area contributed by atoms with Gasteiger partial charge in [-0.2, -0.15) is 10.5 Å². The molecular formula is C20H16Cl3N3O2. The van der Waals surface area contributed by atoms with Crippen LogP contribution < -0.4 is 5.32 Å². The molecule has 28 heavy (non-hydrogen) atoms. The Labute approximate surface area is 178 Å². The van der Waals surface area contributed by atoms with E-state index in [9.17, 15) is 15.3 Å². The summed E-state index contributed by atoms with van der Waals surface area (Å²) in [5.41, 5.74) is 0.999. The highest BCUT2D eigenvalue weighted by Crippen LogP contribution is 2.41. The third-order valence-corrected chi connectivity index (χ3v) is 5.23. The second kappa shape index (κ2) is 10.2. The zero-order chi connectivity index (χ0) is 20.7. The summed E-state index contributed by atoms with van der Waals surface area (Å²) in [4.78, 5) is 12.4. The van der Waals surface area contributed by atoms with Crippen LogP contribution in [0.5, 0.6) is 0 Å². The van der Waals surface area contributed by atoms with Crippen LogP contribution in [0.1, 0.15) is 30.0 Å². The highest BCUT2D eigenvalue weighted by molar-refractivity contribution is 6.46. The van der Waals surface area contributed by atoms with Gasteiger partial charge >= 0.3 is 5.97 Å². The molecule has 0 saturated carbocycles. The zero-order valence-electron chi connectivity index (χ0n) is 14.9. The van der Waals surface area contributed by atoms with E-state index in [1.54, 1.807) is 6.92 Å². The summed E-state index contributed by atoms with van der Waals surface area (Å²) in [5, 5.41) is 21.4. The minimum atomic E-state index is -0.787. The first-order chi connectivity index (χ1) is 13.4. The van der Waals surface area contributed by atoms with Crippen LogP contribution in [0, 0.1) is 22.7 Å². The Bertz CT molecular complexity index is 950. The molecule has 0 aliphatic heterocycles. The molecule has 1 N–H and O–H groups in total. The Morgan fingerprint density at radius 2 is 1.71 bits per heavy atom. The summed E-state index contributed by atoms with van der Waals surface area (Å²) in [7, 11) is 0. The maximum Gasteiger partial charge on any atom is 0.328 e. The predicted octanol–water partition coefficient (Wildman–Crippen LogP) is 5.37. The molecule has 8 heteroatoms. The van der Waals surface area contributed by atoms with Gasteiger partial charge in [-0.25, -0.2) is 4.79 Å². The van der Waals surface area contributed by atoms with E-state index in [4.69, 9.17) is 39.5 Å². The smallest absolute Gasteiger partial charge is 0.328 e. The van der Waals surface area contributed by atoms with E-state index in [0.29, 0.717) is 12.8 Å². The molecule has 1 atom stereocenters. The molecule has 0 fully saturated rings. The Morgan fingerprint density at radius 1 is 1.07 bits per heavy atom. The average Bonchev–Trinajstić information content (AvgIpc) is 2.70. The van der Waals surface area contributed by atoms with Crippen LogP contribution >= 0.6 is 34.8 Å². The molecule has 0 aliphatic rings. The second-order valence-corrected chi connectivity index (χ2v) is 6.90. The standard InChI is InChI=1S/C20H16Cl3N3O2/c1-2-28-20(27)15(9-8-12-6-4-3-5-7-12)26-19-14(11-25)16(21)13(10-24)17(22)18(19)23/h3-7,15,26H,2,8-9H2,1H3/t15-/m1/s1. The van der Waals surface area contributed by atoms with Crippen molar-refractivity contribution in [3.05, 3.63) is 62.1 Å². The number of halogens is 3. The van der Waals surface area contributed by atoms with Gasteiger partial charge in [-0.15, -0.1) is 0 Å². The Kier molecular flexibility index (Phi) is 7.96. The molecule has 2 rings (SSSR count). The molecule has 0 radical (unpaired) electrons. The minimum absolute atomic E-state index is 0.0480. The lowest BCUT2D eigenvalue weighted by molar-refractivity contribution is -0.144. The van der Waals surface area contributed by atoms with Crippen LogP contribution in [0.4, 0.5) is 5.69 Å². The highest BCUT2D eigenvalue weighted by atomic mass is 35.5. The molecular weight excluding hydrogens is 421 g/mol. The average molecular weight is 437 g/mol. The van der Waals surface area contributed by atoms with Gasteiger partial charge in [-0.1, -0.05) is 65.1 Å². The Balaban J connectivity index is 2.40. The number of nitrogens with one attached hydrogen (secondary N) is 1. The van der Waals surface area contributed by atoms with Crippen molar-refractivity contribution in [2.45, 2.75) is 25.8 Å². The van der Waals surface area contributed by atoms with E-state index < -0.39 is 12.0 Å². The Morgan fingerprint density at radius 3 is 2.29 bits per heavy atom. The number of ether oxygens (including phenoxy) is 1. The number of rotatable bonds is 7. The fourth-order valence-corrected chi connectivity index (χ4v) is 3.42. The summed E-state index contributed by atoms with van der Waals surface area (Å²) in [6.45, 7) is 1.91. The first-order valence-electron chi connectivity index (χ1n) is 8.42.